The van der Waals surface area contributed by atoms with Crippen LogP contribution >= 0.6 is 0 Å². The van der Waals surface area contributed by atoms with Gasteiger partial charge in [0, 0.05) is 13.0 Å². The average Bonchev–Trinajstić information content (AvgIpc) is 2.74. The number of rotatable bonds is 7. The number of likely N-dealkylation sites (tertiary alicyclic amines) is 1. The van der Waals surface area contributed by atoms with E-state index in [0.717, 1.165) is 24.2 Å². The van der Waals surface area contributed by atoms with Crippen molar-refractivity contribution in [1.82, 2.24) is 4.90 Å². The van der Waals surface area contributed by atoms with Crippen molar-refractivity contribution in [2.45, 2.75) is 38.6 Å². The number of carbonyl (C=O) groups is 2. The van der Waals surface area contributed by atoms with E-state index in [4.69, 9.17) is 4.74 Å². The number of anilines is 1. The number of nitrogens with one attached hydrogen (secondary N) is 1. The molecular formula is C23H28N2O4. The van der Waals surface area contributed by atoms with Gasteiger partial charge in [0.15, 0.2) is 0 Å². The SMILES string of the molecule is CCCCN1C(=O)CCC(C(=O)Nc2ccccc2O)C1c1ccc(OC)cc1. The Balaban J connectivity index is 1.92. The maximum absolute atomic E-state index is 13.2. The lowest BCUT2D eigenvalue weighted by atomic mass is 9.83. The molecule has 0 aliphatic carbocycles. The Bertz CT molecular complexity index is 850. The van der Waals surface area contributed by atoms with Crippen molar-refractivity contribution in [1.29, 1.82) is 0 Å². The summed E-state index contributed by atoms with van der Waals surface area (Å²) in [6.07, 6.45) is 2.66. The van der Waals surface area contributed by atoms with Gasteiger partial charge in [0.05, 0.1) is 24.8 Å². The Kier molecular flexibility index (Phi) is 6.75. The van der Waals surface area contributed by atoms with Crippen LogP contribution in [0.25, 0.3) is 0 Å². The molecule has 1 fully saturated rings. The molecular weight excluding hydrogens is 368 g/mol. The summed E-state index contributed by atoms with van der Waals surface area (Å²) in [4.78, 5) is 27.7. The topological polar surface area (TPSA) is 78.9 Å². The van der Waals surface area contributed by atoms with Gasteiger partial charge in [0.2, 0.25) is 11.8 Å². The average molecular weight is 396 g/mol. The number of nitrogens with zero attached hydrogens (tertiary/aromatic N) is 1. The number of piperidine rings is 1. The molecule has 6 nitrogen and oxygen atoms in total. The quantitative estimate of drug-likeness (QED) is 0.690. The van der Waals surface area contributed by atoms with Gasteiger partial charge in [-0.1, -0.05) is 37.6 Å². The van der Waals surface area contributed by atoms with Crippen molar-refractivity contribution < 1.29 is 19.4 Å². The number of amides is 2. The molecule has 2 atom stereocenters. The smallest absolute Gasteiger partial charge is 0.230 e. The molecule has 1 heterocycles. The highest BCUT2D eigenvalue weighted by molar-refractivity contribution is 5.95. The van der Waals surface area contributed by atoms with Crippen LogP contribution in [0.15, 0.2) is 48.5 Å². The zero-order chi connectivity index (χ0) is 20.8. The van der Waals surface area contributed by atoms with E-state index >= 15 is 0 Å². The van der Waals surface area contributed by atoms with Gasteiger partial charge in [-0.15, -0.1) is 0 Å². The summed E-state index contributed by atoms with van der Waals surface area (Å²) in [6, 6.07) is 13.9. The van der Waals surface area contributed by atoms with Gasteiger partial charge in [0.25, 0.3) is 0 Å². The van der Waals surface area contributed by atoms with E-state index in [2.05, 4.69) is 12.2 Å². The summed E-state index contributed by atoms with van der Waals surface area (Å²) in [7, 11) is 1.61. The Morgan fingerprint density at radius 2 is 1.93 bits per heavy atom. The monoisotopic (exact) mass is 396 g/mol. The van der Waals surface area contributed by atoms with Crippen molar-refractivity contribution in [3.05, 3.63) is 54.1 Å². The first-order valence-electron chi connectivity index (χ1n) is 10.1. The Hall–Kier alpha value is -3.02. The lowest BCUT2D eigenvalue weighted by Gasteiger charge is -2.41. The third-order valence-electron chi connectivity index (χ3n) is 5.42. The molecule has 29 heavy (non-hydrogen) atoms. The first-order chi connectivity index (χ1) is 14.0. The van der Waals surface area contributed by atoms with E-state index in [-0.39, 0.29) is 23.6 Å². The maximum Gasteiger partial charge on any atom is 0.230 e. The molecule has 0 bridgehead atoms. The Labute approximate surface area is 171 Å². The highest BCUT2D eigenvalue weighted by atomic mass is 16.5. The number of carbonyl (C=O) groups excluding carboxylic acids is 2. The fraction of sp³-hybridized carbons (Fsp3) is 0.391. The van der Waals surface area contributed by atoms with Crippen molar-refractivity contribution >= 4 is 17.5 Å². The summed E-state index contributed by atoms with van der Waals surface area (Å²) in [5.41, 5.74) is 1.29. The molecule has 3 rings (SSSR count). The predicted molar refractivity (Wildman–Crippen MR) is 112 cm³/mol. The van der Waals surface area contributed by atoms with Gasteiger partial charge in [0.1, 0.15) is 11.5 Å². The van der Waals surface area contributed by atoms with Crippen LogP contribution in [0.4, 0.5) is 5.69 Å². The summed E-state index contributed by atoms with van der Waals surface area (Å²) in [6.45, 7) is 2.70. The fourth-order valence-corrected chi connectivity index (χ4v) is 3.84. The van der Waals surface area contributed by atoms with Crippen LogP contribution in [-0.2, 0) is 9.59 Å². The van der Waals surface area contributed by atoms with E-state index in [1.807, 2.05) is 29.2 Å². The lowest BCUT2D eigenvalue weighted by molar-refractivity contribution is -0.142. The molecule has 154 valence electrons. The van der Waals surface area contributed by atoms with Crippen LogP contribution in [0.5, 0.6) is 11.5 Å². The summed E-state index contributed by atoms with van der Waals surface area (Å²) < 4.78 is 5.25. The standard InChI is InChI=1S/C23H28N2O4/c1-3-4-15-25-21(27)14-13-18(22(25)16-9-11-17(29-2)12-10-16)23(28)24-19-7-5-6-8-20(19)26/h5-12,18,22,26H,3-4,13-15H2,1-2H3,(H,24,28). The second kappa shape index (κ2) is 9.45. The van der Waals surface area contributed by atoms with E-state index in [9.17, 15) is 14.7 Å². The number of aromatic hydroxyl groups is 1. The number of methoxy groups -OCH3 is 1. The number of para-hydroxylation sites is 2. The van der Waals surface area contributed by atoms with Gasteiger partial charge in [-0.2, -0.15) is 0 Å². The maximum atomic E-state index is 13.2. The van der Waals surface area contributed by atoms with Gasteiger partial charge in [-0.25, -0.2) is 0 Å². The van der Waals surface area contributed by atoms with Crippen LogP contribution < -0.4 is 10.1 Å². The summed E-state index contributed by atoms with van der Waals surface area (Å²) in [5, 5.41) is 12.9. The van der Waals surface area contributed by atoms with E-state index in [1.54, 1.807) is 25.3 Å². The Morgan fingerprint density at radius 3 is 2.59 bits per heavy atom. The summed E-state index contributed by atoms with van der Waals surface area (Å²) >= 11 is 0. The van der Waals surface area contributed by atoms with Gasteiger partial charge >= 0.3 is 0 Å². The molecule has 2 amide bonds. The van der Waals surface area contributed by atoms with Crippen LogP contribution in [0.1, 0.15) is 44.2 Å². The molecule has 0 radical (unpaired) electrons. The third-order valence-corrected chi connectivity index (χ3v) is 5.42. The third kappa shape index (κ3) is 4.70. The molecule has 2 aromatic carbocycles. The van der Waals surface area contributed by atoms with Crippen LogP contribution in [0.3, 0.4) is 0 Å². The Morgan fingerprint density at radius 1 is 1.21 bits per heavy atom. The molecule has 2 aromatic rings. The van der Waals surface area contributed by atoms with Gasteiger partial charge < -0.3 is 20.1 Å². The molecule has 1 aliphatic heterocycles. The number of benzene rings is 2. The van der Waals surface area contributed by atoms with Gasteiger partial charge in [-0.05, 0) is 42.7 Å². The minimum absolute atomic E-state index is 0.0246. The van der Waals surface area contributed by atoms with Crippen LogP contribution in [0.2, 0.25) is 0 Å². The first kappa shape index (κ1) is 20.7. The van der Waals surface area contributed by atoms with Crippen molar-refractivity contribution in [3.8, 4) is 11.5 Å². The molecule has 0 aromatic heterocycles. The van der Waals surface area contributed by atoms with Crippen LogP contribution in [0, 0.1) is 5.92 Å². The normalized spacial score (nSPS) is 19.1. The molecule has 1 saturated heterocycles. The van der Waals surface area contributed by atoms with Crippen molar-refractivity contribution in [2.75, 3.05) is 19.0 Å². The highest BCUT2D eigenvalue weighted by Gasteiger charge is 2.40. The van der Waals surface area contributed by atoms with E-state index in [1.165, 1.54) is 6.07 Å². The zero-order valence-corrected chi connectivity index (χ0v) is 16.9. The zero-order valence-electron chi connectivity index (χ0n) is 16.9. The predicted octanol–water partition coefficient (Wildman–Crippen LogP) is 4.12. The molecule has 2 unspecified atom stereocenters. The number of hydrogen-bond acceptors (Lipinski definition) is 4. The molecule has 0 spiro atoms. The lowest BCUT2D eigenvalue weighted by Crippen LogP contribution is -2.47. The minimum Gasteiger partial charge on any atom is -0.506 e. The number of phenols is 1. The number of unbranched alkanes of at least 4 members (excludes halogenated alkanes) is 1. The summed E-state index contributed by atoms with van der Waals surface area (Å²) in [5.74, 6) is 0.229. The molecule has 1 aliphatic rings. The number of hydrogen-bond donors (Lipinski definition) is 2. The van der Waals surface area contributed by atoms with E-state index < -0.39 is 5.92 Å². The number of ether oxygens (including phenoxy) is 1. The van der Waals surface area contributed by atoms with Crippen molar-refractivity contribution in [2.24, 2.45) is 5.92 Å². The molecule has 6 heteroatoms. The van der Waals surface area contributed by atoms with Gasteiger partial charge in [-0.3, -0.25) is 9.59 Å². The fourth-order valence-electron chi connectivity index (χ4n) is 3.84. The highest BCUT2D eigenvalue weighted by Crippen LogP contribution is 2.38. The minimum atomic E-state index is -0.405. The van der Waals surface area contributed by atoms with E-state index in [0.29, 0.717) is 25.1 Å². The molecule has 2 N–H and O–H groups in total. The second-order valence-electron chi connectivity index (χ2n) is 7.31. The molecule has 0 saturated carbocycles. The largest absolute Gasteiger partial charge is 0.506 e. The van der Waals surface area contributed by atoms with Crippen molar-refractivity contribution in [3.63, 3.8) is 0 Å². The first-order valence-corrected chi connectivity index (χ1v) is 10.1. The van der Waals surface area contributed by atoms with Crippen LogP contribution in [-0.4, -0.2) is 35.5 Å². The number of phenolic OH excluding ortho intramolecular Hbond substituents is 1. The second-order valence-corrected chi connectivity index (χ2v) is 7.31.